The smallest absolute Gasteiger partial charge is 0.254 e. The number of hydrogen-bond acceptors (Lipinski definition) is 7. The molecular weight excluding hydrogens is 350 g/mol. The van der Waals surface area contributed by atoms with Crippen LogP contribution in [0.2, 0.25) is 0 Å². The van der Waals surface area contributed by atoms with Crippen LogP contribution in [-0.2, 0) is 23.0 Å². The molecule has 1 N–H and O–H groups in total. The molecule has 0 bridgehead atoms. The van der Waals surface area contributed by atoms with Crippen molar-refractivity contribution in [3.8, 4) is 0 Å². The Bertz CT molecular complexity index is 1100. The van der Waals surface area contributed by atoms with Crippen LogP contribution in [0.15, 0.2) is 28.2 Å². The Morgan fingerprint density at radius 1 is 1.29 bits per heavy atom. The molecule has 24 heavy (non-hydrogen) atoms. The molecular formula is C14H13N5O3S2. The summed E-state index contributed by atoms with van der Waals surface area (Å²) in [6.07, 6.45) is 1.63. The minimum atomic E-state index is -3.76. The maximum Gasteiger partial charge on any atom is 0.254 e. The van der Waals surface area contributed by atoms with E-state index in [1.807, 2.05) is 0 Å². The van der Waals surface area contributed by atoms with Crippen LogP contribution in [0, 0.1) is 6.92 Å². The summed E-state index contributed by atoms with van der Waals surface area (Å²) in [6.45, 7) is 2.05. The number of hydrogen-bond donors (Lipinski definition) is 1. The first-order chi connectivity index (χ1) is 11.5. The molecule has 124 valence electrons. The van der Waals surface area contributed by atoms with E-state index in [-0.39, 0.29) is 23.5 Å². The van der Waals surface area contributed by atoms with Gasteiger partial charge in [-0.1, -0.05) is 6.07 Å². The number of nitrogens with zero attached hydrogens (tertiary/aromatic N) is 4. The Kier molecular flexibility index (Phi) is 3.48. The highest BCUT2D eigenvalue weighted by atomic mass is 32.2. The molecule has 10 heteroatoms. The van der Waals surface area contributed by atoms with Gasteiger partial charge in [-0.2, -0.15) is 13.1 Å². The van der Waals surface area contributed by atoms with Crippen molar-refractivity contribution in [3.05, 3.63) is 45.6 Å². The minimum absolute atomic E-state index is 0.0784. The molecule has 1 aliphatic heterocycles. The molecule has 0 fully saturated rings. The number of aromatic amines is 1. The average molecular weight is 363 g/mol. The normalized spacial score (nSPS) is 15.5. The largest absolute Gasteiger partial charge is 0.313 e. The lowest BCUT2D eigenvalue weighted by Crippen LogP contribution is -2.39. The van der Waals surface area contributed by atoms with Gasteiger partial charge in [0, 0.05) is 12.1 Å². The molecule has 2 aromatic heterocycles. The topological polar surface area (TPSA) is 109 Å². The van der Waals surface area contributed by atoms with Crippen LogP contribution >= 0.6 is 11.7 Å². The highest BCUT2D eigenvalue weighted by Gasteiger charge is 2.33. The Morgan fingerprint density at radius 2 is 2.12 bits per heavy atom. The van der Waals surface area contributed by atoms with Crippen molar-refractivity contribution in [1.82, 2.24) is 23.0 Å². The number of H-pyrrole nitrogens is 1. The third-order valence-electron chi connectivity index (χ3n) is 4.15. The molecule has 0 saturated carbocycles. The summed E-state index contributed by atoms with van der Waals surface area (Å²) in [6, 6.07) is 3.50. The zero-order valence-corrected chi connectivity index (χ0v) is 14.3. The van der Waals surface area contributed by atoms with Crippen molar-refractivity contribution in [1.29, 1.82) is 0 Å². The van der Waals surface area contributed by atoms with E-state index in [9.17, 15) is 13.2 Å². The van der Waals surface area contributed by atoms with Gasteiger partial charge in [-0.3, -0.25) is 4.79 Å². The molecule has 3 aromatic rings. The second-order valence-corrected chi connectivity index (χ2v) is 7.99. The maximum atomic E-state index is 13.2. The first-order valence-corrected chi connectivity index (χ1v) is 9.43. The Labute approximate surface area is 141 Å². The van der Waals surface area contributed by atoms with E-state index in [1.165, 1.54) is 10.6 Å². The summed E-state index contributed by atoms with van der Waals surface area (Å²) in [5.41, 5.74) is 2.42. The number of sulfonamides is 1. The van der Waals surface area contributed by atoms with Crippen molar-refractivity contribution in [2.24, 2.45) is 0 Å². The lowest BCUT2D eigenvalue weighted by molar-refractivity contribution is 0.383. The van der Waals surface area contributed by atoms with E-state index in [1.54, 1.807) is 19.1 Å². The van der Waals surface area contributed by atoms with E-state index in [0.29, 0.717) is 34.3 Å². The molecule has 1 aliphatic rings. The molecule has 0 saturated heterocycles. The highest BCUT2D eigenvalue weighted by molar-refractivity contribution is 7.89. The Balaban J connectivity index is 1.83. The van der Waals surface area contributed by atoms with Gasteiger partial charge in [0.2, 0.25) is 10.0 Å². The second-order valence-electron chi connectivity index (χ2n) is 5.59. The maximum absolute atomic E-state index is 13.2. The molecule has 0 aliphatic carbocycles. The first-order valence-electron chi connectivity index (χ1n) is 7.26. The van der Waals surface area contributed by atoms with Crippen LogP contribution in [-0.4, -0.2) is 38.0 Å². The van der Waals surface area contributed by atoms with Gasteiger partial charge in [0.05, 0.1) is 30.3 Å². The van der Waals surface area contributed by atoms with Gasteiger partial charge in [0.15, 0.2) is 0 Å². The summed E-state index contributed by atoms with van der Waals surface area (Å²) < 4.78 is 35.9. The number of benzene rings is 1. The zero-order valence-electron chi connectivity index (χ0n) is 12.7. The first kappa shape index (κ1) is 15.4. The van der Waals surface area contributed by atoms with Gasteiger partial charge < -0.3 is 4.98 Å². The van der Waals surface area contributed by atoms with Crippen molar-refractivity contribution < 1.29 is 8.42 Å². The van der Waals surface area contributed by atoms with E-state index in [2.05, 4.69) is 18.7 Å². The van der Waals surface area contributed by atoms with Crippen LogP contribution in [0.3, 0.4) is 0 Å². The molecule has 4 rings (SSSR count). The Hall–Kier alpha value is -2.17. The fourth-order valence-electron chi connectivity index (χ4n) is 2.93. The van der Waals surface area contributed by atoms with Crippen LogP contribution in [0.25, 0.3) is 11.0 Å². The standard InChI is InChI=1S/C14H13N5O3S2/c1-8-2-3-10-12(18-23-17-10)13(8)24(21,22)19-5-4-9-11(6-19)15-7-16-14(9)20/h2-3,7H,4-6H2,1H3,(H,15,16,20). The predicted octanol–water partition coefficient (Wildman–Crippen LogP) is 0.830. The lowest BCUT2D eigenvalue weighted by atomic mass is 10.1. The number of aromatic nitrogens is 4. The second kappa shape index (κ2) is 5.43. The number of rotatable bonds is 2. The summed E-state index contributed by atoms with van der Waals surface area (Å²) in [4.78, 5) is 18.6. The molecule has 0 radical (unpaired) electrons. The molecule has 3 heterocycles. The van der Waals surface area contributed by atoms with Crippen molar-refractivity contribution >= 4 is 32.8 Å². The van der Waals surface area contributed by atoms with E-state index in [0.717, 1.165) is 11.7 Å². The monoisotopic (exact) mass is 363 g/mol. The third-order valence-corrected chi connectivity index (χ3v) is 6.72. The molecule has 1 aromatic carbocycles. The van der Waals surface area contributed by atoms with Crippen molar-refractivity contribution in [2.45, 2.75) is 24.8 Å². The van der Waals surface area contributed by atoms with Crippen LogP contribution in [0.4, 0.5) is 0 Å². The van der Waals surface area contributed by atoms with Gasteiger partial charge in [-0.15, -0.1) is 0 Å². The fourth-order valence-corrected chi connectivity index (χ4v) is 5.28. The number of fused-ring (bicyclic) bond motifs is 2. The summed E-state index contributed by atoms with van der Waals surface area (Å²) in [5.74, 6) is 0. The Morgan fingerprint density at radius 3 is 2.96 bits per heavy atom. The van der Waals surface area contributed by atoms with Crippen LogP contribution in [0.5, 0.6) is 0 Å². The number of nitrogens with one attached hydrogen (secondary N) is 1. The predicted molar refractivity (Wildman–Crippen MR) is 88.3 cm³/mol. The average Bonchev–Trinajstić information content (AvgIpc) is 3.02. The third kappa shape index (κ3) is 2.26. The summed E-state index contributed by atoms with van der Waals surface area (Å²) in [7, 11) is -3.76. The van der Waals surface area contributed by atoms with Gasteiger partial charge >= 0.3 is 0 Å². The van der Waals surface area contributed by atoms with Crippen LogP contribution < -0.4 is 5.56 Å². The zero-order chi connectivity index (χ0) is 16.9. The molecule has 0 spiro atoms. The molecule has 0 atom stereocenters. The van der Waals surface area contributed by atoms with E-state index in [4.69, 9.17) is 0 Å². The summed E-state index contributed by atoms with van der Waals surface area (Å²) >= 11 is 0.988. The quantitative estimate of drug-likeness (QED) is 0.722. The van der Waals surface area contributed by atoms with E-state index < -0.39 is 10.0 Å². The van der Waals surface area contributed by atoms with Gasteiger partial charge in [0.25, 0.3) is 5.56 Å². The lowest BCUT2D eigenvalue weighted by Gasteiger charge is -2.27. The minimum Gasteiger partial charge on any atom is -0.313 e. The van der Waals surface area contributed by atoms with Crippen LogP contribution in [0.1, 0.15) is 16.8 Å². The van der Waals surface area contributed by atoms with Gasteiger partial charge in [-0.05, 0) is 25.0 Å². The SMILES string of the molecule is Cc1ccc2nsnc2c1S(=O)(=O)N1CCc2c(nc[nH]c2=O)C1. The molecule has 0 amide bonds. The summed E-state index contributed by atoms with van der Waals surface area (Å²) in [5, 5.41) is 0. The van der Waals surface area contributed by atoms with Gasteiger partial charge in [-0.25, -0.2) is 13.4 Å². The van der Waals surface area contributed by atoms with Gasteiger partial charge in [0.1, 0.15) is 15.9 Å². The van der Waals surface area contributed by atoms with Crippen molar-refractivity contribution in [3.63, 3.8) is 0 Å². The van der Waals surface area contributed by atoms with E-state index >= 15 is 0 Å². The molecule has 0 unspecified atom stereocenters. The van der Waals surface area contributed by atoms with Crippen molar-refractivity contribution in [2.75, 3.05) is 6.54 Å². The highest BCUT2D eigenvalue weighted by Crippen LogP contribution is 2.30. The number of aryl methyl sites for hydroxylation is 1. The molecule has 8 nitrogen and oxygen atoms in total. The fraction of sp³-hybridized carbons (Fsp3) is 0.286.